The third-order valence-electron chi connectivity index (χ3n) is 4.91. The van der Waals surface area contributed by atoms with Gasteiger partial charge in [0.25, 0.3) is 0 Å². The van der Waals surface area contributed by atoms with E-state index in [9.17, 15) is 4.79 Å². The van der Waals surface area contributed by atoms with E-state index in [0.717, 1.165) is 31.7 Å². The molecule has 2 aromatic carbocycles. The van der Waals surface area contributed by atoms with Crippen molar-refractivity contribution in [2.75, 3.05) is 18.4 Å². The maximum absolute atomic E-state index is 12.6. The van der Waals surface area contributed by atoms with Crippen LogP contribution in [0, 0.1) is 5.92 Å². The van der Waals surface area contributed by atoms with E-state index in [1.54, 1.807) is 0 Å². The van der Waals surface area contributed by atoms with Crippen LogP contribution in [0.2, 0.25) is 0 Å². The molecule has 0 saturated carbocycles. The molecule has 3 nitrogen and oxygen atoms in total. The Hall–Kier alpha value is -2.13. The Balaban J connectivity index is 1.54. The molecule has 0 aliphatic carbocycles. The lowest BCUT2D eigenvalue weighted by Gasteiger charge is -2.19. The van der Waals surface area contributed by atoms with Crippen LogP contribution in [0.1, 0.15) is 38.3 Å². The molecular formula is C22H28N2O. The Kier molecular flexibility index (Phi) is 5.24. The number of hydrogen-bond donors (Lipinski definition) is 1. The molecule has 3 rings (SSSR count). The van der Waals surface area contributed by atoms with Crippen LogP contribution in [0.4, 0.5) is 5.69 Å². The van der Waals surface area contributed by atoms with Crippen molar-refractivity contribution in [3.05, 3.63) is 65.7 Å². The van der Waals surface area contributed by atoms with Crippen molar-refractivity contribution in [2.24, 2.45) is 5.92 Å². The van der Waals surface area contributed by atoms with E-state index >= 15 is 0 Å². The Morgan fingerprint density at radius 2 is 1.76 bits per heavy atom. The van der Waals surface area contributed by atoms with E-state index < -0.39 is 0 Å². The summed E-state index contributed by atoms with van der Waals surface area (Å²) in [6.45, 7) is 9.32. The minimum Gasteiger partial charge on any atom is -0.326 e. The fourth-order valence-corrected chi connectivity index (χ4v) is 3.33. The summed E-state index contributed by atoms with van der Waals surface area (Å²) in [4.78, 5) is 14.9. The summed E-state index contributed by atoms with van der Waals surface area (Å²) in [5, 5.41) is 3.08. The van der Waals surface area contributed by atoms with Crippen LogP contribution in [-0.2, 0) is 16.8 Å². The van der Waals surface area contributed by atoms with Crippen LogP contribution in [0.15, 0.2) is 54.6 Å². The third-order valence-corrected chi connectivity index (χ3v) is 4.91. The average molecular weight is 336 g/mol. The molecule has 1 fully saturated rings. The molecule has 25 heavy (non-hydrogen) atoms. The van der Waals surface area contributed by atoms with Gasteiger partial charge in [-0.3, -0.25) is 9.69 Å². The lowest BCUT2D eigenvalue weighted by molar-refractivity contribution is -0.119. The van der Waals surface area contributed by atoms with Gasteiger partial charge in [0.05, 0.1) is 5.92 Å². The standard InChI is InChI=1S/C22H28N2O/c1-22(2,3)19-9-11-20(12-10-19)23-21(25)18-13-14-24(16-18)15-17-7-5-4-6-8-17/h4-12,18H,13-16H2,1-3H3,(H,23,25). The van der Waals surface area contributed by atoms with Gasteiger partial charge in [0.15, 0.2) is 0 Å². The first-order chi connectivity index (χ1) is 11.9. The topological polar surface area (TPSA) is 32.3 Å². The molecule has 1 unspecified atom stereocenters. The van der Waals surface area contributed by atoms with E-state index in [4.69, 9.17) is 0 Å². The minimum absolute atomic E-state index is 0.0750. The van der Waals surface area contributed by atoms with Crippen LogP contribution in [-0.4, -0.2) is 23.9 Å². The van der Waals surface area contributed by atoms with Crippen molar-refractivity contribution in [3.63, 3.8) is 0 Å². The van der Waals surface area contributed by atoms with Crippen LogP contribution in [0.25, 0.3) is 0 Å². The van der Waals surface area contributed by atoms with Crippen molar-refractivity contribution in [1.82, 2.24) is 4.90 Å². The van der Waals surface area contributed by atoms with Gasteiger partial charge >= 0.3 is 0 Å². The molecule has 1 amide bonds. The smallest absolute Gasteiger partial charge is 0.228 e. The fraction of sp³-hybridized carbons (Fsp3) is 0.409. The lowest BCUT2D eigenvalue weighted by Crippen LogP contribution is -2.27. The van der Waals surface area contributed by atoms with E-state index in [0.29, 0.717) is 0 Å². The van der Waals surface area contributed by atoms with Gasteiger partial charge in [0.2, 0.25) is 5.91 Å². The number of nitrogens with zero attached hydrogens (tertiary/aromatic N) is 1. The number of rotatable bonds is 4. The quantitative estimate of drug-likeness (QED) is 0.895. The number of benzene rings is 2. The molecule has 132 valence electrons. The highest BCUT2D eigenvalue weighted by Gasteiger charge is 2.28. The van der Waals surface area contributed by atoms with E-state index in [-0.39, 0.29) is 17.2 Å². The fourth-order valence-electron chi connectivity index (χ4n) is 3.33. The number of carbonyl (C=O) groups excluding carboxylic acids is 1. The zero-order valence-electron chi connectivity index (χ0n) is 15.5. The Labute approximate surface area is 151 Å². The second-order valence-electron chi connectivity index (χ2n) is 8.02. The van der Waals surface area contributed by atoms with Crippen molar-refractivity contribution in [2.45, 2.75) is 39.2 Å². The van der Waals surface area contributed by atoms with Gasteiger partial charge in [-0.2, -0.15) is 0 Å². The molecule has 0 spiro atoms. The highest BCUT2D eigenvalue weighted by Crippen LogP contribution is 2.24. The van der Waals surface area contributed by atoms with Gasteiger partial charge in [-0.15, -0.1) is 0 Å². The van der Waals surface area contributed by atoms with Crippen molar-refractivity contribution in [3.8, 4) is 0 Å². The van der Waals surface area contributed by atoms with E-state index in [1.807, 2.05) is 18.2 Å². The maximum atomic E-state index is 12.6. The SMILES string of the molecule is CC(C)(C)c1ccc(NC(=O)C2CCN(Cc3ccccc3)C2)cc1. The number of likely N-dealkylation sites (tertiary alicyclic amines) is 1. The molecule has 1 N–H and O–H groups in total. The third kappa shape index (κ3) is 4.70. The summed E-state index contributed by atoms with van der Waals surface area (Å²) >= 11 is 0. The zero-order chi connectivity index (χ0) is 17.9. The first-order valence-corrected chi connectivity index (χ1v) is 9.09. The molecule has 0 radical (unpaired) electrons. The van der Waals surface area contributed by atoms with E-state index in [2.05, 4.69) is 67.4 Å². The van der Waals surface area contributed by atoms with Gasteiger partial charge in [0, 0.05) is 18.8 Å². The Morgan fingerprint density at radius 1 is 1.08 bits per heavy atom. The van der Waals surface area contributed by atoms with Gasteiger partial charge in [-0.25, -0.2) is 0 Å². The molecule has 1 aliphatic rings. The van der Waals surface area contributed by atoms with Gasteiger partial charge in [0.1, 0.15) is 0 Å². The average Bonchev–Trinajstić information content (AvgIpc) is 3.04. The van der Waals surface area contributed by atoms with Crippen molar-refractivity contribution >= 4 is 11.6 Å². The highest BCUT2D eigenvalue weighted by atomic mass is 16.1. The number of carbonyl (C=O) groups is 1. The molecule has 1 atom stereocenters. The first kappa shape index (κ1) is 17.7. The molecule has 0 aromatic heterocycles. The first-order valence-electron chi connectivity index (χ1n) is 9.09. The molecule has 3 heteroatoms. The van der Waals surface area contributed by atoms with Crippen LogP contribution >= 0.6 is 0 Å². The molecule has 2 aromatic rings. The summed E-state index contributed by atoms with van der Waals surface area (Å²) in [6.07, 6.45) is 0.929. The normalized spacial score (nSPS) is 18.3. The highest BCUT2D eigenvalue weighted by molar-refractivity contribution is 5.92. The number of nitrogens with one attached hydrogen (secondary N) is 1. The predicted molar refractivity (Wildman–Crippen MR) is 104 cm³/mol. The van der Waals surface area contributed by atoms with Crippen LogP contribution in [0.3, 0.4) is 0 Å². The zero-order valence-corrected chi connectivity index (χ0v) is 15.5. The second kappa shape index (κ2) is 7.40. The minimum atomic E-state index is 0.0750. The molecular weight excluding hydrogens is 308 g/mol. The summed E-state index contributed by atoms with van der Waals surface area (Å²) in [5.74, 6) is 0.213. The van der Waals surface area contributed by atoms with E-state index in [1.165, 1.54) is 11.1 Å². The van der Waals surface area contributed by atoms with Gasteiger partial charge in [-0.05, 0) is 41.6 Å². The molecule has 1 saturated heterocycles. The molecule has 1 heterocycles. The lowest BCUT2D eigenvalue weighted by atomic mass is 9.87. The van der Waals surface area contributed by atoms with Crippen LogP contribution < -0.4 is 5.32 Å². The number of anilines is 1. The molecule has 1 aliphatic heterocycles. The summed E-state index contributed by atoms with van der Waals surface area (Å²) in [5.41, 5.74) is 3.60. The van der Waals surface area contributed by atoms with Gasteiger partial charge < -0.3 is 5.32 Å². The number of hydrogen-bond acceptors (Lipinski definition) is 2. The summed E-state index contributed by atoms with van der Waals surface area (Å²) in [7, 11) is 0. The Morgan fingerprint density at radius 3 is 2.40 bits per heavy atom. The monoisotopic (exact) mass is 336 g/mol. The van der Waals surface area contributed by atoms with Gasteiger partial charge in [-0.1, -0.05) is 63.2 Å². The maximum Gasteiger partial charge on any atom is 0.228 e. The largest absolute Gasteiger partial charge is 0.326 e. The van der Waals surface area contributed by atoms with Crippen molar-refractivity contribution < 1.29 is 4.79 Å². The van der Waals surface area contributed by atoms with Crippen molar-refractivity contribution in [1.29, 1.82) is 0 Å². The summed E-state index contributed by atoms with van der Waals surface area (Å²) < 4.78 is 0. The molecule has 0 bridgehead atoms. The second-order valence-corrected chi connectivity index (χ2v) is 8.02. The number of amides is 1. The van der Waals surface area contributed by atoms with Crippen LogP contribution in [0.5, 0.6) is 0 Å². The predicted octanol–water partition coefficient (Wildman–Crippen LogP) is 4.44. The Bertz CT molecular complexity index is 701. The summed E-state index contributed by atoms with van der Waals surface area (Å²) in [6, 6.07) is 18.7.